The molecule has 2 aromatic rings. The summed E-state index contributed by atoms with van der Waals surface area (Å²) in [7, 11) is 1.79. The standard InChI is InChI=1S/C8H9N5S2/c1-10-5-4-6(13-7(9)12-5)15-8-11-2-3-14-8/h2-4H,1H3,(H3,9,10,12,13). The van der Waals surface area contributed by atoms with E-state index in [0.29, 0.717) is 5.82 Å². The van der Waals surface area contributed by atoms with Crippen LogP contribution in [-0.2, 0) is 0 Å². The molecule has 0 fully saturated rings. The van der Waals surface area contributed by atoms with Crippen molar-refractivity contribution in [3.05, 3.63) is 17.6 Å². The molecular formula is C8H9N5S2. The Hall–Kier alpha value is -1.34. The number of nitrogens with one attached hydrogen (secondary N) is 1. The van der Waals surface area contributed by atoms with Crippen molar-refractivity contribution >= 4 is 34.9 Å². The maximum absolute atomic E-state index is 5.57. The molecule has 0 bridgehead atoms. The summed E-state index contributed by atoms with van der Waals surface area (Å²) in [6.45, 7) is 0. The van der Waals surface area contributed by atoms with E-state index in [0.717, 1.165) is 9.37 Å². The molecule has 0 unspecified atom stereocenters. The van der Waals surface area contributed by atoms with E-state index in [1.54, 1.807) is 24.6 Å². The molecule has 0 radical (unpaired) electrons. The van der Waals surface area contributed by atoms with Crippen LogP contribution < -0.4 is 11.1 Å². The molecule has 0 aliphatic heterocycles. The third-order valence-electron chi connectivity index (χ3n) is 1.58. The zero-order chi connectivity index (χ0) is 10.7. The van der Waals surface area contributed by atoms with Crippen LogP contribution in [0.1, 0.15) is 0 Å². The summed E-state index contributed by atoms with van der Waals surface area (Å²) in [6.07, 6.45) is 1.76. The monoisotopic (exact) mass is 239 g/mol. The van der Waals surface area contributed by atoms with Crippen molar-refractivity contribution in [1.82, 2.24) is 15.0 Å². The van der Waals surface area contributed by atoms with E-state index in [1.165, 1.54) is 11.8 Å². The maximum atomic E-state index is 5.57. The number of thiazole rings is 1. The Kier molecular flexibility index (Phi) is 3.02. The van der Waals surface area contributed by atoms with Crippen molar-refractivity contribution in [2.75, 3.05) is 18.1 Å². The van der Waals surface area contributed by atoms with E-state index in [-0.39, 0.29) is 5.95 Å². The summed E-state index contributed by atoms with van der Waals surface area (Å²) in [5.41, 5.74) is 5.57. The molecule has 7 heteroatoms. The van der Waals surface area contributed by atoms with Crippen molar-refractivity contribution < 1.29 is 0 Å². The minimum Gasteiger partial charge on any atom is -0.373 e. The molecule has 15 heavy (non-hydrogen) atoms. The number of nitrogen functional groups attached to an aromatic ring is 1. The molecule has 0 atom stereocenters. The van der Waals surface area contributed by atoms with Gasteiger partial charge in [0, 0.05) is 24.7 Å². The van der Waals surface area contributed by atoms with E-state index in [1.807, 2.05) is 11.4 Å². The van der Waals surface area contributed by atoms with Crippen LogP contribution in [0, 0.1) is 0 Å². The lowest BCUT2D eigenvalue weighted by atomic mass is 10.6. The van der Waals surface area contributed by atoms with Crippen LogP contribution in [0.2, 0.25) is 0 Å². The molecule has 2 rings (SSSR count). The van der Waals surface area contributed by atoms with E-state index in [9.17, 15) is 0 Å². The lowest BCUT2D eigenvalue weighted by Gasteiger charge is -2.02. The first-order valence-corrected chi connectivity index (χ1v) is 5.87. The molecule has 0 aliphatic carbocycles. The lowest BCUT2D eigenvalue weighted by Crippen LogP contribution is -2.00. The zero-order valence-electron chi connectivity index (χ0n) is 7.97. The topological polar surface area (TPSA) is 76.7 Å². The SMILES string of the molecule is CNc1cc(Sc2nccs2)nc(N)n1. The molecule has 0 spiro atoms. The van der Waals surface area contributed by atoms with Crippen LogP contribution in [0.5, 0.6) is 0 Å². The highest BCUT2D eigenvalue weighted by molar-refractivity contribution is 8.01. The normalized spacial score (nSPS) is 10.2. The highest BCUT2D eigenvalue weighted by Crippen LogP contribution is 2.28. The van der Waals surface area contributed by atoms with E-state index >= 15 is 0 Å². The van der Waals surface area contributed by atoms with Crippen molar-refractivity contribution in [3.8, 4) is 0 Å². The van der Waals surface area contributed by atoms with Gasteiger partial charge in [0.2, 0.25) is 5.95 Å². The van der Waals surface area contributed by atoms with E-state index in [4.69, 9.17) is 5.73 Å². The Labute approximate surface area is 95.2 Å². The van der Waals surface area contributed by atoms with Crippen LogP contribution in [-0.4, -0.2) is 22.0 Å². The van der Waals surface area contributed by atoms with Gasteiger partial charge < -0.3 is 11.1 Å². The molecule has 2 aromatic heterocycles. The van der Waals surface area contributed by atoms with Gasteiger partial charge in [-0.05, 0) is 11.8 Å². The van der Waals surface area contributed by atoms with Crippen LogP contribution >= 0.6 is 23.1 Å². The summed E-state index contributed by atoms with van der Waals surface area (Å²) >= 11 is 3.04. The molecule has 5 nitrogen and oxygen atoms in total. The van der Waals surface area contributed by atoms with Crippen molar-refractivity contribution in [2.45, 2.75) is 9.37 Å². The van der Waals surface area contributed by atoms with Gasteiger partial charge in [0.05, 0.1) is 0 Å². The molecule has 3 N–H and O–H groups in total. The number of hydrogen-bond acceptors (Lipinski definition) is 7. The number of hydrogen-bond donors (Lipinski definition) is 2. The third-order valence-corrected chi connectivity index (χ3v) is 3.38. The second kappa shape index (κ2) is 4.45. The Morgan fingerprint density at radius 3 is 3.00 bits per heavy atom. The van der Waals surface area contributed by atoms with Gasteiger partial charge in [0.25, 0.3) is 0 Å². The molecule has 0 saturated carbocycles. The van der Waals surface area contributed by atoms with E-state index in [2.05, 4.69) is 20.3 Å². The number of nitrogens with two attached hydrogens (primary N) is 1. The Morgan fingerprint density at radius 2 is 2.33 bits per heavy atom. The molecule has 2 heterocycles. The second-order valence-corrected chi connectivity index (χ2v) is 4.76. The minimum atomic E-state index is 0.265. The molecule has 0 aromatic carbocycles. The van der Waals surface area contributed by atoms with Crippen molar-refractivity contribution in [2.24, 2.45) is 0 Å². The number of nitrogens with zero attached hydrogens (tertiary/aromatic N) is 3. The van der Waals surface area contributed by atoms with Crippen molar-refractivity contribution in [3.63, 3.8) is 0 Å². The molecule has 78 valence electrons. The minimum absolute atomic E-state index is 0.265. The Bertz CT molecular complexity index is 442. The van der Waals surface area contributed by atoms with Gasteiger partial charge in [-0.3, -0.25) is 0 Å². The predicted molar refractivity (Wildman–Crippen MR) is 62.2 cm³/mol. The van der Waals surface area contributed by atoms with Gasteiger partial charge in [-0.1, -0.05) is 0 Å². The Balaban J connectivity index is 2.24. The first kappa shape index (κ1) is 10.2. The van der Waals surface area contributed by atoms with Gasteiger partial charge in [-0.15, -0.1) is 11.3 Å². The van der Waals surface area contributed by atoms with Crippen LogP contribution in [0.25, 0.3) is 0 Å². The molecule has 0 aliphatic rings. The van der Waals surface area contributed by atoms with Gasteiger partial charge in [0.1, 0.15) is 10.8 Å². The zero-order valence-corrected chi connectivity index (χ0v) is 9.60. The number of aromatic nitrogens is 3. The first-order valence-electron chi connectivity index (χ1n) is 4.17. The predicted octanol–water partition coefficient (Wildman–Crippen LogP) is 1.71. The van der Waals surface area contributed by atoms with Crippen LogP contribution in [0.15, 0.2) is 27.0 Å². The van der Waals surface area contributed by atoms with Gasteiger partial charge >= 0.3 is 0 Å². The fraction of sp³-hybridized carbons (Fsp3) is 0.125. The van der Waals surface area contributed by atoms with Crippen LogP contribution in [0.4, 0.5) is 11.8 Å². The smallest absolute Gasteiger partial charge is 0.223 e. The first-order chi connectivity index (χ1) is 7.28. The van der Waals surface area contributed by atoms with Gasteiger partial charge in [0.15, 0.2) is 4.34 Å². The summed E-state index contributed by atoms with van der Waals surface area (Å²) in [5.74, 6) is 0.975. The molecule has 0 amide bonds. The van der Waals surface area contributed by atoms with E-state index < -0.39 is 0 Å². The van der Waals surface area contributed by atoms with Gasteiger partial charge in [-0.2, -0.15) is 4.98 Å². The summed E-state index contributed by atoms with van der Waals surface area (Å²) in [4.78, 5) is 12.3. The quantitative estimate of drug-likeness (QED) is 0.794. The lowest BCUT2D eigenvalue weighted by molar-refractivity contribution is 1.06. The molecular weight excluding hydrogens is 230 g/mol. The van der Waals surface area contributed by atoms with Gasteiger partial charge in [-0.25, -0.2) is 9.97 Å². The highest BCUT2D eigenvalue weighted by atomic mass is 32.2. The summed E-state index contributed by atoms with van der Waals surface area (Å²) in [6, 6.07) is 1.84. The average Bonchev–Trinajstić information content (AvgIpc) is 2.69. The Morgan fingerprint density at radius 1 is 1.47 bits per heavy atom. The number of anilines is 2. The summed E-state index contributed by atoms with van der Waals surface area (Å²) in [5, 5.41) is 5.64. The average molecular weight is 239 g/mol. The number of rotatable bonds is 3. The van der Waals surface area contributed by atoms with Crippen LogP contribution in [0.3, 0.4) is 0 Å². The van der Waals surface area contributed by atoms with Crippen molar-refractivity contribution in [1.29, 1.82) is 0 Å². The largest absolute Gasteiger partial charge is 0.373 e. The second-order valence-electron chi connectivity index (χ2n) is 2.60. The highest BCUT2D eigenvalue weighted by Gasteiger charge is 2.04. The fourth-order valence-corrected chi connectivity index (χ4v) is 2.55. The summed E-state index contributed by atoms with van der Waals surface area (Å²) < 4.78 is 0.940. The fourth-order valence-electron chi connectivity index (χ4n) is 0.973. The third kappa shape index (κ3) is 2.57. The molecule has 0 saturated heterocycles. The maximum Gasteiger partial charge on any atom is 0.223 e.